The third-order valence-corrected chi connectivity index (χ3v) is 6.17. The summed E-state index contributed by atoms with van der Waals surface area (Å²) in [6.07, 6.45) is 1.86. The Bertz CT molecular complexity index is 1140. The zero-order chi connectivity index (χ0) is 21.1. The van der Waals surface area contributed by atoms with E-state index >= 15 is 0 Å². The molecular formula is C25H21NO2S2. The topological polar surface area (TPSA) is 29.5 Å². The van der Waals surface area contributed by atoms with Gasteiger partial charge in [-0.3, -0.25) is 9.69 Å². The lowest BCUT2D eigenvalue weighted by Gasteiger charge is -2.16. The second kappa shape index (κ2) is 8.86. The van der Waals surface area contributed by atoms with Crippen molar-refractivity contribution >= 4 is 46.0 Å². The van der Waals surface area contributed by atoms with E-state index < -0.39 is 0 Å². The van der Waals surface area contributed by atoms with Crippen molar-refractivity contribution in [3.63, 3.8) is 0 Å². The minimum Gasteiger partial charge on any atom is -0.488 e. The maximum absolute atomic E-state index is 13.1. The molecule has 0 N–H and O–H groups in total. The summed E-state index contributed by atoms with van der Waals surface area (Å²) in [5.41, 5.74) is 5.01. The number of anilines is 1. The summed E-state index contributed by atoms with van der Waals surface area (Å²) in [4.78, 5) is 15.3. The number of hydrogen-bond acceptors (Lipinski definition) is 4. The number of para-hydroxylation sites is 2. The van der Waals surface area contributed by atoms with E-state index in [9.17, 15) is 4.79 Å². The van der Waals surface area contributed by atoms with E-state index in [1.165, 1.54) is 17.3 Å². The van der Waals surface area contributed by atoms with Crippen LogP contribution in [0.3, 0.4) is 0 Å². The smallest absolute Gasteiger partial charge is 0.270 e. The SMILES string of the molecule is Cc1ccc(COc2ccccc2/C=C2\SC(=S)N(c3ccccc3C)C2=O)cc1. The molecule has 1 aliphatic rings. The van der Waals surface area contributed by atoms with E-state index in [2.05, 4.69) is 31.2 Å². The van der Waals surface area contributed by atoms with E-state index in [1.54, 1.807) is 4.90 Å². The van der Waals surface area contributed by atoms with E-state index in [1.807, 2.05) is 61.5 Å². The number of benzene rings is 3. The molecule has 30 heavy (non-hydrogen) atoms. The third-order valence-electron chi connectivity index (χ3n) is 4.87. The predicted octanol–water partition coefficient (Wildman–Crippen LogP) is 6.29. The molecule has 1 amide bonds. The van der Waals surface area contributed by atoms with Crippen LogP contribution >= 0.6 is 24.0 Å². The second-order valence-electron chi connectivity index (χ2n) is 7.12. The van der Waals surface area contributed by atoms with Gasteiger partial charge in [-0.15, -0.1) is 0 Å². The molecule has 4 rings (SSSR count). The molecule has 0 saturated carbocycles. The van der Waals surface area contributed by atoms with Crippen molar-refractivity contribution in [2.24, 2.45) is 0 Å². The summed E-state index contributed by atoms with van der Waals surface area (Å²) in [5.74, 6) is 0.631. The van der Waals surface area contributed by atoms with Gasteiger partial charge in [0.05, 0.1) is 10.6 Å². The lowest BCUT2D eigenvalue weighted by atomic mass is 10.1. The van der Waals surface area contributed by atoms with Crippen molar-refractivity contribution in [2.75, 3.05) is 4.90 Å². The summed E-state index contributed by atoms with van der Waals surface area (Å²) in [5, 5.41) is 0. The van der Waals surface area contributed by atoms with Gasteiger partial charge >= 0.3 is 0 Å². The molecule has 1 heterocycles. The van der Waals surface area contributed by atoms with Gasteiger partial charge in [-0.05, 0) is 43.2 Å². The van der Waals surface area contributed by atoms with Gasteiger partial charge in [0.15, 0.2) is 4.32 Å². The first-order valence-corrected chi connectivity index (χ1v) is 10.9. The molecule has 0 aliphatic carbocycles. The van der Waals surface area contributed by atoms with Gasteiger partial charge in [0.25, 0.3) is 5.91 Å². The monoisotopic (exact) mass is 431 g/mol. The Morgan fingerprint density at radius 1 is 0.967 bits per heavy atom. The van der Waals surface area contributed by atoms with Gasteiger partial charge in [-0.2, -0.15) is 0 Å². The Morgan fingerprint density at radius 2 is 1.67 bits per heavy atom. The normalized spacial score (nSPS) is 15.1. The summed E-state index contributed by atoms with van der Waals surface area (Å²) < 4.78 is 6.59. The number of ether oxygens (including phenoxy) is 1. The number of thiocarbonyl (C=S) groups is 1. The molecular weight excluding hydrogens is 410 g/mol. The minimum absolute atomic E-state index is 0.104. The molecule has 0 radical (unpaired) electrons. The second-order valence-corrected chi connectivity index (χ2v) is 8.79. The zero-order valence-corrected chi connectivity index (χ0v) is 18.4. The molecule has 150 valence electrons. The van der Waals surface area contributed by atoms with Gasteiger partial charge < -0.3 is 4.74 Å². The van der Waals surface area contributed by atoms with Gasteiger partial charge in [0, 0.05) is 5.56 Å². The number of nitrogens with zero attached hydrogens (tertiary/aromatic N) is 1. The molecule has 0 spiro atoms. The largest absolute Gasteiger partial charge is 0.488 e. The highest BCUT2D eigenvalue weighted by atomic mass is 32.2. The van der Waals surface area contributed by atoms with E-state index in [0.717, 1.165) is 28.1 Å². The van der Waals surface area contributed by atoms with Crippen LogP contribution in [0.25, 0.3) is 6.08 Å². The summed E-state index contributed by atoms with van der Waals surface area (Å²) in [6.45, 7) is 4.51. The van der Waals surface area contributed by atoms with Crippen molar-refractivity contribution in [2.45, 2.75) is 20.5 Å². The quantitative estimate of drug-likeness (QED) is 0.351. The Hall–Kier alpha value is -2.89. The summed E-state index contributed by atoms with van der Waals surface area (Å²) in [7, 11) is 0. The van der Waals surface area contributed by atoms with Gasteiger partial charge in [0.1, 0.15) is 12.4 Å². The van der Waals surface area contributed by atoms with E-state index in [-0.39, 0.29) is 5.91 Å². The number of hydrogen-bond donors (Lipinski definition) is 0. The zero-order valence-electron chi connectivity index (χ0n) is 16.8. The van der Waals surface area contributed by atoms with Gasteiger partial charge in [0.2, 0.25) is 0 Å². The van der Waals surface area contributed by atoms with E-state index in [4.69, 9.17) is 17.0 Å². The number of aryl methyl sites for hydroxylation is 2. The number of carbonyl (C=O) groups excluding carboxylic acids is 1. The fourth-order valence-corrected chi connectivity index (χ4v) is 4.48. The highest BCUT2D eigenvalue weighted by molar-refractivity contribution is 8.27. The number of rotatable bonds is 5. The van der Waals surface area contributed by atoms with E-state index in [0.29, 0.717) is 15.8 Å². The van der Waals surface area contributed by atoms with Crippen LogP contribution in [0, 0.1) is 13.8 Å². The molecule has 0 atom stereocenters. The molecule has 5 heteroatoms. The molecule has 0 unspecified atom stereocenters. The van der Waals surface area contributed by atoms with Crippen LogP contribution in [0.2, 0.25) is 0 Å². The third kappa shape index (κ3) is 4.32. The first-order chi connectivity index (χ1) is 14.5. The van der Waals surface area contributed by atoms with Crippen LogP contribution in [0.4, 0.5) is 5.69 Å². The van der Waals surface area contributed by atoms with Crippen molar-refractivity contribution in [3.05, 3.63) is 100.0 Å². The lowest BCUT2D eigenvalue weighted by Crippen LogP contribution is -2.28. The standard InChI is InChI=1S/C25H21NO2S2/c1-17-11-13-19(14-12-17)16-28-22-10-6-4-8-20(22)15-23-24(27)26(25(29)30-23)21-9-5-3-7-18(21)2/h3-15H,16H2,1-2H3/b23-15-. The van der Waals surface area contributed by atoms with Crippen LogP contribution in [0.5, 0.6) is 5.75 Å². The maximum Gasteiger partial charge on any atom is 0.270 e. The van der Waals surface area contributed by atoms with Crippen molar-refractivity contribution in [3.8, 4) is 5.75 Å². The highest BCUT2D eigenvalue weighted by Gasteiger charge is 2.34. The van der Waals surface area contributed by atoms with Crippen LogP contribution in [-0.2, 0) is 11.4 Å². The molecule has 0 bridgehead atoms. The summed E-state index contributed by atoms with van der Waals surface area (Å²) >= 11 is 6.83. The Kier molecular flexibility index (Phi) is 6.02. The lowest BCUT2D eigenvalue weighted by molar-refractivity contribution is -0.113. The van der Waals surface area contributed by atoms with Crippen molar-refractivity contribution < 1.29 is 9.53 Å². The highest BCUT2D eigenvalue weighted by Crippen LogP contribution is 2.38. The first kappa shape index (κ1) is 20.4. The van der Waals surface area contributed by atoms with Crippen LogP contribution in [0.15, 0.2) is 77.7 Å². The van der Waals surface area contributed by atoms with Crippen LogP contribution in [-0.4, -0.2) is 10.2 Å². The fraction of sp³-hybridized carbons (Fsp3) is 0.120. The predicted molar refractivity (Wildman–Crippen MR) is 129 cm³/mol. The number of carbonyl (C=O) groups is 1. The first-order valence-electron chi connectivity index (χ1n) is 9.64. The Labute approximate surface area is 186 Å². The van der Waals surface area contributed by atoms with Gasteiger partial charge in [-0.1, -0.05) is 90.2 Å². The molecule has 1 saturated heterocycles. The molecule has 1 aliphatic heterocycles. The Morgan fingerprint density at radius 3 is 2.43 bits per heavy atom. The molecule has 0 aromatic heterocycles. The maximum atomic E-state index is 13.1. The van der Waals surface area contributed by atoms with Crippen LogP contribution < -0.4 is 9.64 Å². The average molecular weight is 432 g/mol. The van der Waals surface area contributed by atoms with Crippen molar-refractivity contribution in [1.29, 1.82) is 0 Å². The van der Waals surface area contributed by atoms with Crippen LogP contribution in [0.1, 0.15) is 22.3 Å². The fourth-order valence-electron chi connectivity index (χ4n) is 3.21. The van der Waals surface area contributed by atoms with Gasteiger partial charge in [-0.25, -0.2) is 0 Å². The number of thioether (sulfide) groups is 1. The number of amides is 1. The molecule has 3 aromatic rings. The van der Waals surface area contributed by atoms with Crippen molar-refractivity contribution in [1.82, 2.24) is 0 Å². The molecule has 3 nitrogen and oxygen atoms in total. The summed E-state index contributed by atoms with van der Waals surface area (Å²) in [6, 6.07) is 23.8. The Balaban J connectivity index is 1.58. The average Bonchev–Trinajstić information content (AvgIpc) is 3.02. The minimum atomic E-state index is -0.104. The molecule has 1 fully saturated rings. The molecule has 3 aromatic carbocycles.